The van der Waals surface area contributed by atoms with Crippen molar-refractivity contribution in [3.8, 4) is 6.01 Å². The molecular formula is C15H17BN3O. The summed E-state index contributed by atoms with van der Waals surface area (Å²) in [4.78, 5) is 4.64. The Hall–Kier alpha value is -1.49. The SMILES string of the molecule is [B-][N+]12CCC(CC1)C1(Cn3c(nc4ccccc43)O1)C2. The van der Waals surface area contributed by atoms with Crippen LogP contribution >= 0.6 is 0 Å². The molecule has 0 aliphatic carbocycles. The minimum atomic E-state index is -0.113. The summed E-state index contributed by atoms with van der Waals surface area (Å²) in [5.41, 5.74) is 2.09. The van der Waals surface area contributed by atoms with Crippen LogP contribution in [0.3, 0.4) is 0 Å². The number of imidazole rings is 1. The number of fused-ring (bicyclic) bond motifs is 5. The van der Waals surface area contributed by atoms with E-state index in [-0.39, 0.29) is 5.60 Å². The molecule has 2 aromatic rings. The smallest absolute Gasteiger partial charge is 0.298 e. The van der Waals surface area contributed by atoms with Crippen LogP contribution in [-0.4, -0.2) is 47.2 Å². The molecule has 101 valence electrons. The van der Waals surface area contributed by atoms with Gasteiger partial charge in [-0.25, -0.2) is 7.98 Å². The molecule has 0 amide bonds. The Morgan fingerprint density at radius 2 is 2.10 bits per heavy atom. The van der Waals surface area contributed by atoms with Gasteiger partial charge in [0.05, 0.1) is 24.1 Å². The number of para-hydroxylation sites is 2. The summed E-state index contributed by atoms with van der Waals surface area (Å²) in [6.07, 6.45) is 2.36. The third kappa shape index (κ3) is 1.29. The number of hydrogen-bond acceptors (Lipinski definition) is 2. The van der Waals surface area contributed by atoms with Gasteiger partial charge in [-0.3, -0.25) is 4.57 Å². The Morgan fingerprint density at radius 1 is 1.30 bits per heavy atom. The highest BCUT2D eigenvalue weighted by atomic mass is 16.5. The van der Waals surface area contributed by atoms with E-state index in [0.29, 0.717) is 10.3 Å². The zero-order valence-corrected chi connectivity index (χ0v) is 11.5. The molecule has 20 heavy (non-hydrogen) atoms. The average molecular weight is 266 g/mol. The van der Waals surface area contributed by atoms with E-state index in [1.54, 1.807) is 0 Å². The molecular weight excluding hydrogens is 249 g/mol. The zero-order valence-electron chi connectivity index (χ0n) is 11.5. The summed E-state index contributed by atoms with van der Waals surface area (Å²) >= 11 is 0. The largest absolute Gasteiger partial charge is 0.585 e. The molecule has 1 spiro atoms. The summed E-state index contributed by atoms with van der Waals surface area (Å²) in [7, 11) is 6.49. The molecule has 1 aromatic carbocycles. The molecule has 4 aliphatic heterocycles. The summed E-state index contributed by atoms with van der Waals surface area (Å²) in [6.45, 7) is 4.03. The predicted octanol–water partition coefficient (Wildman–Crippen LogP) is 1.49. The second-order valence-corrected chi connectivity index (χ2v) is 6.73. The van der Waals surface area contributed by atoms with Gasteiger partial charge >= 0.3 is 0 Å². The predicted molar refractivity (Wildman–Crippen MR) is 76.4 cm³/mol. The molecule has 3 fully saturated rings. The van der Waals surface area contributed by atoms with E-state index in [9.17, 15) is 0 Å². The maximum absolute atomic E-state index is 6.49. The van der Waals surface area contributed by atoms with E-state index in [0.717, 1.165) is 37.7 Å². The van der Waals surface area contributed by atoms with Crippen molar-refractivity contribution in [2.45, 2.75) is 25.0 Å². The van der Waals surface area contributed by atoms with Gasteiger partial charge in [0.25, 0.3) is 6.01 Å². The first-order valence-corrected chi connectivity index (χ1v) is 7.47. The zero-order chi connectivity index (χ0) is 13.4. The van der Waals surface area contributed by atoms with Crippen LogP contribution in [0.1, 0.15) is 12.8 Å². The molecule has 3 radical (unpaired) electrons. The van der Waals surface area contributed by atoms with Crippen LogP contribution in [-0.2, 0) is 6.54 Å². The van der Waals surface area contributed by atoms with Gasteiger partial charge in [0.2, 0.25) is 0 Å². The lowest BCUT2D eigenvalue weighted by Crippen LogP contribution is -2.69. The molecule has 1 unspecified atom stereocenters. The van der Waals surface area contributed by atoms with Crippen LogP contribution in [0.15, 0.2) is 24.3 Å². The number of hydrogen-bond donors (Lipinski definition) is 0. The average Bonchev–Trinajstić information content (AvgIpc) is 2.93. The van der Waals surface area contributed by atoms with Crippen molar-refractivity contribution in [3.63, 3.8) is 0 Å². The summed E-state index contributed by atoms with van der Waals surface area (Å²) in [6, 6.07) is 9.05. The fourth-order valence-corrected chi connectivity index (χ4v) is 4.49. The molecule has 2 bridgehead atoms. The molecule has 1 aromatic heterocycles. The van der Waals surface area contributed by atoms with E-state index in [1.165, 1.54) is 18.4 Å². The van der Waals surface area contributed by atoms with Crippen molar-refractivity contribution in [2.75, 3.05) is 19.6 Å². The number of benzene rings is 1. The molecule has 5 heteroatoms. The highest BCUT2D eigenvalue weighted by molar-refractivity contribution is 5.97. The molecule has 3 saturated heterocycles. The lowest BCUT2D eigenvalue weighted by molar-refractivity contribution is -0.845. The van der Waals surface area contributed by atoms with Crippen molar-refractivity contribution in [2.24, 2.45) is 5.92 Å². The first-order chi connectivity index (χ1) is 9.68. The fourth-order valence-electron chi connectivity index (χ4n) is 4.49. The quantitative estimate of drug-likeness (QED) is 0.675. The highest BCUT2D eigenvalue weighted by Gasteiger charge is 2.55. The molecule has 0 saturated carbocycles. The van der Waals surface area contributed by atoms with E-state index in [2.05, 4.69) is 21.7 Å². The first-order valence-electron chi connectivity index (χ1n) is 7.47. The Kier molecular flexibility index (Phi) is 1.90. The number of piperidine rings is 3. The van der Waals surface area contributed by atoms with E-state index >= 15 is 0 Å². The van der Waals surface area contributed by atoms with Crippen LogP contribution in [0.2, 0.25) is 0 Å². The normalized spacial score (nSPS) is 38.4. The van der Waals surface area contributed by atoms with E-state index in [4.69, 9.17) is 12.7 Å². The van der Waals surface area contributed by atoms with Crippen molar-refractivity contribution in [3.05, 3.63) is 24.3 Å². The van der Waals surface area contributed by atoms with E-state index < -0.39 is 0 Å². The van der Waals surface area contributed by atoms with Crippen LogP contribution < -0.4 is 4.74 Å². The Morgan fingerprint density at radius 3 is 2.90 bits per heavy atom. The Bertz CT molecular complexity index is 704. The lowest BCUT2D eigenvalue weighted by Gasteiger charge is -2.64. The molecule has 5 heterocycles. The summed E-state index contributed by atoms with van der Waals surface area (Å²) in [5, 5.41) is 0. The Labute approximate surface area is 119 Å². The number of ether oxygens (including phenoxy) is 1. The molecule has 6 rings (SSSR count). The summed E-state index contributed by atoms with van der Waals surface area (Å²) < 4.78 is 9.29. The van der Waals surface area contributed by atoms with Gasteiger partial charge in [-0.05, 0) is 25.0 Å². The first kappa shape index (κ1) is 11.2. The monoisotopic (exact) mass is 266 g/mol. The van der Waals surface area contributed by atoms with Gasteiger partial charge < -0.3 is 9.13 Å². The van der Waals surface area contributed by atoms with Gasteiger partial charge in [0.15, 0.2) is 5.60 Å². The van der Waals surface area contributed by atoms with Gasteiger partial charge in [-0.2, -0.15) is 4.98 Å². The number of quaternary nitrogens is 1. The molecule has 1 atom stereocenters. The molecule has 0 N–H and O–H groups in total. The number of rotatable bonds is 0. The Balaban J connectivity index is 1.60. The van der Waals surface area contributed by atoms with Crippen molar-refractivity contribution < 1.29 is 9.13 Å². The van der Waals surface area contributed by atoms with Crippen LogP contribution in [0.25, 0.3) is 11.0 Å². The van der Waals surface area contributed by atoms with Gasteiger partial charge in [-0.15, -0.1) is 0 Å². The minimum Gasteiger partial charge on any atom is -0.585 e. The number of aromatic nitrogens is 2. The standard InChI is InChI=1S/C15H17BN3O/c16-19-7-5-11(6-8-19)15(10-19)9-18-13-4-2-1-3-12(13)17-14(18)20-15/h1-4,11H,5-10H2. The van der Waals surface area contributed by atoms with Crippen LogP contribution in [0.4, 0.5) is 0 Å². The third-order valence-electron chi connectivity index (χ3n) is 5.51. The third-order valence-corrected chi connectivity index (χ3v) is 5.51. The van der Waals surface area contributed by atoms with Gasteiger partial charge in [0, 0.05) is 19.0 Å². The fraction of sp³-hybridized carbons (Fsp3) is 0.533. The molecule has 4 aliphatic rings. The minimum absolute atomic E-state index is 0.113. The highest BCUT2D eigenvalue weighted by Crippen LogP contribution is 2.46. The lowest BCUT2D eigenvalue weighted by atomic mass is 9.71. The van der Waals surface area contributed by atoms with Crippen LogP contribution in [0.5, 0.6) is 6.01 Å². The van der Waals surface area contributed by atoms with Crippen molar-refractivity contribution >= 4 is 19.0 Å². The second-order valence-electron chi connectivity index (χ2n) is 6.73. The maximum atomic E-state index is 6.49. The van der Waals surface area contributed by atoms with E-state index in [1.807, 2.05) is 12.1 Å². The summed E-state index contributed by atoms with van der Waals surface area (Å²) in [5.74, 6) is 0.631. The second kappa shape index (κ2) is 3.39. The van der Waals surface area contributed by atoms with Crippen molar-refractivity contribution in [1.82, 2.24) is 9.55 Å². The van der Waals surface area contributed by atoms with Gasteiger partial charge in [0.1, 0.15) is 0 Å². The topological polar surface area (TPSA) is 27.1 Å². The van der Waals surface area contributed by atoms with Crippen LogP contribution in [0, 0.1) is 5.92 Å². The van der Waals surface area contributed by atoms with Crippen molar-refractivity contribution in [1.29, 1.82) is 0 Å². The van der Waals surface area contributed by atoms with Gasteiger partial charge in [-0.1, -0.05) is 12.1 Å². The molecule has 4 nitrogen and oxygen atoms in total. The maximum Gasteiger partial charge on any atom is 0.298 e. The number of nitrogens with zero attached hydrogens (tertiary/aromatic N) is 3.